The molecule has 0 aromatic heterocycles. The molecule has 1 aromatic carbocycles. The van der Waals surface area contributed by atoms with Crippen molar-refractivity contribution in [3.63, 3.8) is 0 Å². The normalized spacial score (nSPS) is 26.4. The number of halogens is 3. The van der Waals surface area contributed by atoms with Gasteiger partial charge in [0.2, 0.25) is 0 Å². The third kappa shape index (κ3) is 3.40. The SMILES string of the molecule is CC1CC(N)CN(C(C)c2cc(F)c(Cl)cc2Cl)C1. The maximum absolute atomic E-state index is 13.6. The highest BCUT2D eigenvalue weighted by atomic mass is 35.5. The van der Waals surface area contributed by atoms with Gasteiger partial charge in [-0.25, -0.2) is 4.39 Å². The average molecular weight is 305 g/mol. The summed E-state index contributed by atoms with van der Waals surface area (Å²) in [6, 6.07) is 3.10. The van der Waals surface area contributed by atoms with Gasteiger partial charge in [-0.15, -0.1) is 0 Å². The van der Waals surface area contributed by atoms with Crippen molar-refractivity contribution < 1.29 is 4.39 Å². The highest BCUT2D eigenvalue weighted by Gasteiger charge is 2.27. The molecule has 5 heteroatoms. The molecule has 0 saturated carbocycles. The van der Waals surface area contributed by atoms with Gasteiger partial charge in [0.1, 0.15) is 5.82 Å². The van der Waals surface area contributed by atoms with E-state index in [9.17, 15) is 4.39 Å². The zero-order chi connectivity index (χ0) is 14.2. The van der Waals surface area contributed by atoms with Crippen molar-refractivity contribution in [1.29, 1.82) is 0 Å². The molecule has 3 atom stereocenters. The lowest BCUT2D eigenvalue weighted by Crippen LogP contribution is -2.47. The predicted octanol–water partition coefficient (Wildman–Crippen LogP) is 3.86. The van der Waals surface area contributed by atoms with Crippen molar-refractivity contribution in [3.8, 4) is 0 Å². The van der Waals surface area contributed by atoms with Crippen LogP contribution in [0.4, 0.5) is 4.39 Å². The van der Waals surface area contributed by atoms with Crippen LogP contribution >= 0.6 is 23.2 Å². The van der Waals surface area contributed by atoms with Gasteiger partial charge in [0.05, 0.1) is 5.02 Å². The standard InChI is InChI=1S/C14H19Cl2FN2/c1-8-3-10(18)7-19(6-8)9(2)11-4-14(17)13(16)5-12(11)15/h4-5,8-10H,3,6-7,18H2,1-2H3. The molecule has 0 radical (unpaired) electrons. The van der Waals surface area contributed by atoms with Gasteiger partial charge >= 0.3 is 0 Å². The third-order valence-corrected chi connectivity index (χ3v) is 4.37. The first-order chi connectivity index (χ1) is 8.88. The minimum Gasteiger partial charge on any atom is -0.327 e. The zero-order valence-corrected chi connectivity index (χ0v) is 12.7. The van der Waals surface area contributed by atoms with Crippen LogP contribution in [0.2, 0.25) is 10.0 Å². The van der Waals surface area contributed by atoms with Crippen molar-refractivity contribution in [2.75, 3.05) is 13.1 Å². The molecule has 2 rings (SSSR count). The fraction of sp³-hybridized carbons (Fsp3) is 0.571. The van der Waals surface area contributed by atoms with E-state index in [1.165, 1.54) is 12.1 Å². The lowest BCUT2D eigenvalue weighted by Gasteiger charge is -2.39. The predicted molar refractivity (Wildman–Crippen MR) is 78.2 cm³/mol. The van der Waals surface area contributed by atoms with E-state index in [1.54, 1.807) is 0 Å². The van der Waals surface area contributed by atoms with Gasteiger partial charge < -0.3 is 5.73 Å². The summed E-state index contributed by atoms with van der Waals surface area (Å²) in [6.07, 6.45) is 1.03. The lowest BCUT2D eigenvalue weighted by molar-refractivity contribution is 0.124. The van der Waals surface area contributed by atoms with Gasteiger partial charge in [-0.3, -0.25) is 4.90 Å². The number of piperidine rings is 1. The molecule has 1 aliphatic rings. The molecule has 2 N–H and O–H groups in total. The van der Waals surface area contributed by atoms with Crippen molar-refractivity contribution >= 4 is 23.2 Å². The molecule has 2 nitrogen and oxygen atoms in total. The second-order valence-corrected chi connectivity index (χ2v) is 6.33. The van der Waals surface area contributed by atoms with Gasteiger partial charge in [-0.2, -0.15) is 0 Å². The molecule has 0 amide bonds. The number of benzene rings is 1. The summed E-state index contributed by atoms with van der Waals surface area (Å²) < 4.78 is 13.6. The van der Waals surface area contributed by atoms with Gasteiger partial charge in [0.25, 0.3) is 0 Å². The summed E-state index contributed by atoms with van der Waals surface area (Å²) >= 11 is 11.9. The number of hydrogen-bond acceptors (Lipinski definition) is 2. The van der Waals surface area contributed by atoms with E-state index in [0.29, 0.717) is 10.9 Å². The Bertz CT molecular complexity index is 457. The monoisotopic (exact) mass is 304 g/mol. The summed E-state index contributed by atoms with van der Waals surface area (Å²) in [5, 5.41) is 0.565. The second-order valence-electron chi connectivity index (χ2n) is 5.52. The van der Waals surface area contributed by atoms with Crippen LogP contribution in [0.1, 0.15) is 31.9 Å². The van der Waals surface area contributed by atoms with Crippen LogP contribution in [0.25, 0.3) is 0 Å². The first-order valence-electron chi connectivity index (χ1n) is 6.52. The van der Waals surface area contributed by atoms with Crippen LogP contribution in [-0.2, 0) is 0 Å². The first kappa shape index (κ1) is 15.0. The van der Waals surface area contributed by atoms with Gasteiger partial charge in [-0.05, 0) is 37.0 Å². The lowest BCUT2D eigenvalue weighted by atomic mass is 9.94. The molecule has 1 saturated heterocycles. The van der Waals surface area contributed by atoms with Gasteiger partial charge in [0.15, 0.2) is 0 Å². The number of nitrogens with zero attached hydrogens (tertiary/aromatic N) is 1. The van der Waals surface area contributed by atoms with Crippen molar-refractivity contribution in [2.24, 2.45) is 11.7 Å². The Labute approximate surface area is 123 Å². The molecule has 3 unspecified atom stereocenters. The Morgan fingerprint density at radius 1 is 1.32 bits per heavy atom. The van der Waals surface area contributed by atoms with Crippen molar-refractivity contribution in [1.82, 2.24) is 4.90 Å². The Morgan fingerprint density at radius 2 is 2.00 bits per heavy atom. The maximum atomic E-state index is 13.6. The molecule has 106 valence electrons. The Balaban J connectivity index is 2.23. The molecule has 1 aromatic rings. The van der Waals surface area contributed by atoms with E-state index in [1.807, 2.05) is 6.92 Å². The summed E-state index contributed by atoms with van der Waals surface area (Å²) in [5.41, 5.74) is 6.82. The second kappa shape index (κ2) is 5.96. The van der Waals surface area contributed by atoms with E-state index in [2.05, 4.69) is 11.8 Å². The Hall–Kier alpha value is -0.350. The number of likely N-dealkylation sites (tertiary alicyclic amines) is 1. The first-order valence-corrected chi connectivity index (χ1v) is 7.28. The van der Waals surface area contributed by atoms with Gasteiger partial charge in [0, 0.05) is 30.2 Å². The minimum absolute atomic E-state index is 0.0352. The van der Waals surface area contributed by atoms with E-state index < -0.39 is 5.82 Å². The van der Waals surface area contributed by atoms with E-state index in [4.69, 9.17) is 28.9 Å². The summed E-state index contributed by atoms with van der Waals surface area (Å²) in [5.74, 6) is 0.115. The molecule has 1 aliphatic heterocycles. The quantitative estimate of drug-likeness (QED) is 0.841. The molecular weight excluding hydrogens is 286 g/mol. The molecule has 0 bridgehead atoms. The smallest absolute Gasteiger partial charge is 0.142 e. The highest BCUT2D eigenvalue weighted by Crippen LogP contribution is 2.33. The fourth-order valence-electron chi connectivity index (χ4n) is 2.81. The highest BCUT2D eigenvalue weighted by molar-refractivity contribution is 6.35. The van der Waals surface area contributed by atoms with Gasteiger partial charge in [-0.1, -0.05) is 30.1 Å². The van der Waals surface area contributed by atoms with Crippen LogP contribution in [0.3, 0.4) is 0 Å². The van der Waals surface area contributed by atoms with Crippen molar-refractivity contribution in [2.45, 2.75) is 32.4 Å². The number of rotatable bonds is 2. The van der Waals surface area contributed by atoms with Crippen molar-refractivity contribution in [3.05, 3.63) is 33.6 Å². The molecule has 19 heavy (non-hydrogen) atoms. The van der Waals surface area contributed by atoms with E-state index in [-0.39, 0.29) is 17.1 Å². The molecule has 0 spiro atoms. The topological polar surface area (TPSA) is 29.3 Å². The Kier molecular flexibility index (Phi) is 4.72. The molecule has 1 heterocycles. The van der Waals surface area contributed by atoms with Crippen LogP contribution in [0.15, 0.2) is 12.1 Å². The third-order valence-electron chi connectivity index (χ3n) is 3.76. The fourth-order valence-corrected chi connectivity index (χ4v) is 3.35. The molecular formula is C14H19Cl2FN2. The maximum Gasteiger partial charge on any atom is 0.142 e. The largest absolute Gasteiger partial charge is 0.327 e. The summed E-state index contributed by atoms with van der Waals surface area (Å²) in [6.45, 7) is 5.98. The van der Waals surface area contributed by atoms with Crippen LogP contribution in [0.5, 0.6) is 0 Å². The Morgan fingerprint density at radius 3 is 2.63 bits per heavy atom. The van der Waals surface area contributed by atoms with Crippen LogP contribution in [-0.4, -0.2) is 24.0 Å². The van der Waals surface area contributed by atoms with Crippen LogP contribution < -0.4 is 5.73 Å². The van der Waals surface area contributed by atoms with Crippen LogP contribution in [0, 0.1) is 11.7 Å². The number of hydrogen-bond donors (Lipinski definition) is 1. The average Bonchev–Trinajstić information content (AvgIpc) is 2.31. The summed E-state index contributed by atoms with van der Waals surface area (Å²) in [4.78, 5) is 2.26. The molecule has 0 aliphatic carbocycles. The van der Waals surface area contributed by atoms with E-state index in [0.717, 1.165) is 25.1 Å². The minimum atomic E-state index is -0.428. The molecule has 1 fully saturated rings. The van der Waals surface area contributed by atoms with E-state index >= 15 is 0 Å². The summed E-state index contributed by atoms with van der Waals surface area (Å²) in [7, 11) is 0. The number of nitrogens with two attached hydrogens (primary N) is 1. The zero-order valence-electron chi connectivity index (χ0n) is 11.2.